The molecule has 142 valence electrons. The van der Waals surface area contributed by atoms with Crippen molar-refractivity contribution in [3.05, 3.63) is 53.8 Å². The number of rotatable bonds is 7. The fourth-order valence-electron chi connectivity index (χ4n) is 2.07. The Balaban J connectivity index is 1.94. The van der Waals surface area contributed by atoms with Gasteiger partial charge in [-0.1, -0.05) is 12.1 Å². The van der Waals surface area contributed by atoms with Crippen molar-refractivity contribution >= 4 is 23.7 Å². The van der Waals surface area contributed by atoms with E-state index in [0.29, 0.717) is 17.9 Å². The minimum absolute atomic E-state index is 0.00167. The second-order valence-corrected chi connectivity index (χ2v) is 5.59. The summed E-state index contributed by atoms with van der Waals surface area (Å²) in [5.41, 5.74) is 2.83. The molecule has 2 rings (SSSR count). The van der Waals surface area contributed by atoms with Crippen LogP contribution in [-0.2, 0) is 9.59 Å². The molecule has 8 heteroatoms. The van der Waals surface area contributed by atoms with Crippen LogP contribution in [0.25, 0.3) is 0 Å². The molecule has 7 nitrogen and oxygen atoms in total. The first-order valence-electron chi connectivity index (χ1n) is 8.26. The number of carbonyl (C=O) groups excluding carboxylic acids is 2. The minimum Gasteiger partial charge on any atom is -0.504 e. The standard InChI is InChI=1S/C19H20FN3O4/c1-3-27-17-10-13(8-9-16(17)24)11-21-23-19(26)12(2)18(25)22-15-7-5-4-6-14(15)20/h4-12,24H,3H2,1-2H3,(H,22,25)(H,23,26). The number of aromatic hydroxyl groups is 1. The van der Waals surface area contributed by atoms with Gasteiger partial charge in [0.05, 0.1) is 18.5 Å². The number of hydrazone groups is 1. The molecule has 1 unspecified atom stereocenters. The average Bonchev–Trinajstić information content (AvgIpc) is 2.65. The predicted octanol–water partition coefficient (Wildman–Crippen LogP) is 2.65. The number of hydrogen-bond acceptors (Lipinski definition) is 5. The lowest BCUT2D eigenvalue weighted by molar-refractivity contribution is -0.131. The first kappa shape index (κ1) is 19.9. The first-order valence-corrected chi connectivity index (χ1v) is 8.26. The molecule has 0 fully saturated rings. The lowest BCUT2D eigenvalue weighted by Crippen LogP contribution is -2.34. The molecular formula is C19H20FN3O4. The predicted molar refractivity (Wildman–Crippen MR) is 99.2 cm³/mol. The van der Waals surface area contributed by atoms with Gasteiger partial charge in [-0.05, 0) is 49.7 Å². The van der Waals surface area contributed by atoms with E-state index >= 15 is 0 Å². The maximum absolute atomic E-state index is 13.6. The minimum atomic E-state index is -1.08. The van der Waals surface area contributed by atoms with E-state index in [-0.39, 0.29) is 11.4 Å². The molecule has 0 bridgehead atoms. The van der Waals surface area contributed by atoms with E-state index in [1.54, 1.807) is 25.1 Å². The Kier molecular flexibility index (Phi) is 6.87. The Bertz CT molecular complexity index is 855. The average molecular weight is 373 g/mol. The molecule has 0 aliphatic rings. The van der Waals surface area contributed by atoms with Crippen LogP contribution in [0.4, 0.5) is 10.1 Å². The van der Waals surface area contributed by atoms with Gasteiger partial charge >= 0.3 is 0 Å². The molecule has 2 aromatic carbocycles. The van der Waals surface area contributed by atoms with Crippen LogP contribution in [0.1, 0.15) is 19.4 Å². The van der Waals surface area contributed by atoms with Gasteiger partial charge in [0.15, 0.2) is 11.5 Å². The van der Waals surface area contributed by atoms with Gasteiger partial charge in [-0.2, -0.15) is 5.10 Å². The summed E-state index contributed by atoms with van der Waals surface area (Å²) >= 11 is 0. The number of benzene rings is 2. The molecule has 27 heavy (non-hydrogen) atoms. The number of ether oxygens (including phenoxy) is 1. The van der Waals surface area contributed by atoms with Crippen molar-refractivity contribution in [3.63, 3.8) is 0 Å². The lowest BCUT2D eigenvalue weighted by atomic mass is 10.1. The highest BCUT2D eigenvalue weighted by atomic mass is 19.1. The summed E-state index contributed by atoms with van der Waals surface area (Å²) in [5.74, 6) is -2.68. The number of phenolic OH excluding ortho intramolecular Hbond substituents is 1. The van der Waals surface area contributed by atoms with E-state index < -0.39 is 23.5 Å². The van der Waals surface area contributed by atoms with E-state index in [9.17, 15) is 19.1 Å². The van der Waals surface area contributed by atoms with Crippen LogP contribution in [0, 0.1) is 11.7 Å². The largest absolute Gasteiger partial charge is 0.504 e. The number of carbonyl (C=O) groups is 2. The van der Waals surface area contributed by atoms with Gasteiger partial charge in [0, 0.05) is 0 Å². The third kappa shape index (κ3) is 5.53. The smallest absolute Gasteiger partial charge is 0.252 e. The van der Waals surface area contributed by atoms with Crippen molar-refractivity contribution in [2.45, 2.75) is 13.8 Å². The van der Waals surface area contributed by atoms with Gasteiger partial charge in [0.1, 0.15) is 11.7 Å². The molecule has 2 aromatic rings. The summed E-state index contributed by atoms with van der Waals surface area (Å²) < 4.78 is 18.8. The Morgan fingerprint density at radius 1 is 1.26 bits per heavy atom. The van der Waals surface area contributed by atoms with Gasteiger partial charge in [0.2, 0.25) is 5.91 Å². The summed E-state index contributed by atoms with van der Waals surface area (Å²) in [6, 6.07) is 10.3. The molecule has 0 heterocycles. The first-order chi connectivity index (χ1) is 12.9. The quantitative estimate of drug-likeness (QED) is 0.395. The highest BCUT2D eigenvalue weighted by Gasteiger charge is 2.22. The maximum atomic E-state index is 13.6. The van der Waals surface area contributed by atoms with Crippen LogP contribution in [0.2, 0.25) is 0 Å². The van der Waals surface area contributed by atoms with Crippen molar-refractivity contribution in [2.24, 2.45) is 11.0 Å². The Morgan fingerprint density at radius 2 is 2.00 bits per heavy atom. The third-order valence-electron chi connectivity index (χ3n) is 3.59. The molecule has 0 aliphatic carbocycles. The van der Waals surface area contributed by atoms with Crippen LogP contribution in [-0.4, -0.2) is 29.7 Å². The van der Waals surface area contributed by atoms with Crippen LogP contribution in [0.3, 0.4) is 0 Å². The number of nitrogens with zero attached hydrogens (tertiary/aromatic N) is 1. The highest BCUT2D eigenvalue weighted by molar-refractivity contribution is 6.06. The Hall–Kier alpha value is -3.42. The molecule has 0 aromatic heterocycles. The third-order valence-corrected chi connectivity index (χ3v) is 3.59. The second kappa shape index (κ2) is 9.33. The van der Waals surface area contributed by atoms with Crippen molar-refractivity contribution < 1.29 is 23.8 Å². The van der Waals surface area contributed by atoms with Crippen molar-refractivity contribution in [1.29, 1.82) is 0 Å². The molecule has 0 saturated heterocycles. The summed E-state index contributed by atoms with van der Waals surface area (Å²) in [6.07, 6.45) is 1.35. The zero-order chi connectivity index (χ0) is 19.8. The zero-order valence-corrected chi connectivity index (χ0v) is 14.9. The number of amides is 2. The fourth-order valence-corrected chi connectivity index (χ4v) is 2.07. The number of nitrogens with one attached hydrogen (secondary N) is 2. The highest BCUT2D eigenvalue weighted by Crippen LogP contribution is 2.26. The zero-order valence-electron chi connectivity index (χ0n) is 14.9. The number of phenols is 1. The lowest BCUT2D eigenvalue weighted by Gasteiger charge is -2.11. The number of para-hydroxylation sites is 1. The Labute approximate surface area is 155 Å². The van der Waals surface area contributed by atoms with Crippen molar-refractivity contribution in [3.8, 4) is 11.5 Å². The monoisotopic (exact) mass is 373 g/mol. The molecular weight excluding hydrogens is 353 g/mol. The van der Waals surface area contributed by atoms with Crippen molar-refractivity contribution in [2.75, 3.05) is 11.9 Å². The van der Waals surface area contributed by atoms with Crippen molar-refractivity contribution in [1.82, 2.24) is 5.43 Å². The molecule has 0 aliphatic heterocycles. The van der Waals surface area contributed by atoms with Crippen LogP contribution < -0.4 is 15.5 Å². The van der Waals surface area contributed by atoms with Gasteiger partial charge in [-0.3, -0.25) is 9.59 Å². The number of anilines is 1. The summed E-state index contributed by atoms with van der Waals surface area (Å²) in [4.78, 5) is 24.1. The van der Waals surface area contributed by atoms with Gasteiger partial charge in [-0.15, -0.1) is 0 Å². The van der Waals surface area contributed by atoms with E-state index in [1.807, 2.05) is 0 Å². The molecule has 2 amide bonds. The summed E-state index contributed by atoms with van der Waals surface area (Å²) in [5, 5.41) is 15.8. The molecule has 0 radical (unpaired) electrons. The van der Waals surface area contributed by atoms with Crippen LogP contribution >= 0.6 is 0 Å². The van der Waals surface area contributed by atoms with E-state index in [4.69, 9.17) is 4.74 Å². The van der Waals surface area contributed by atoms with Gasteiger partial charge in [-0.25, -0.2) is 9.82 Å². The SMILES string of the molecule is CCOc1cc(C=NNC(=O)C(C)C(=O)Nc2ccccc2F)ccc1O. The van der Waals surface area contributed by atoms with E-state index in [0.717, 1.165) is 0 Å². The fraction of sp³-hybridized carbons (Fsp3) is 0.211. The summed E-state index contributed by atoms with van der Waals surface area (Å²) in [6.45, 7) is 3.56. The second-order valence-electron chi connectivity index (χ2n) is 5.59. The molecule has 0 spiro atoms. The van der Waals surface area contributed by atoms with E-state index in [1.165, 1.54) is 37.4 Å². The van der Waals surface area contributed by atoms with Gasteiger partial charge < -0.3 is 15.2 Å². The summed E-state index contributed by atoms with van der Waals surface area (Å²) in [7, 11) is 0. The van der Waals surface area contributed by atoms with Crippen LogP contribution in [0.5, 0.6) is 11.5 Å². The molecule has 0 saturated carbocycles. The van der Waals surface area contributed by atoms with Gasteiger partial charge in [0.25, 0.3) is 5.91 Å². The molecule has 3 N–H and O–H groups in total. The number of halogens is 1. The Morgan fingerprint density at radius 3 is 2.70 bits per heavy atom. The van der Waals surface area contributed by atoms with E-state index in [2.05, 4.69) is 15.8 Å². The number of hydrogen-bond donors (Lipinski definition) is 3. The topological polar surface area (TPSA) is 100 Å². The normalized spacial score (nSPS) is 11.8. The maximum Gasteiger partial charge on any atom is 0.252 e. The van der Waals surface area contributed by atoms with Crippen LogP contribution in [0.15, 0.2) is 47.6 Å². The molecule has 1 atom stereocenters.